The van der Waals surface area contributed by atoms with Crippen LogP contribution < -0.4 is 10.1 Å². The topological polar surface area (TPSA) is 51.5 Å². The van der Waals surface area contributed by atoms with Crippen molar-refractivity contribution in [2.45, 2.75) is 12.8 Å². The summed E-state index contributed by atoms with van der Waals surface area (Å²) >= 11 is 11.7. The number of hydrogen-bond donors (Lipinski definition) is 1. The zero-order valence-electron chi connectivity index (χ0n) is 14.0. The fraction of sp³-hybridized carbons (Fsp3) is 0.105. The van der Waals surface area contributed by atoms with Gasteiger partial charge in [0.2, 0.25) is 0 Å². The number of rotatable bonds is 5. The maximum Gasteiger partial charge on any atom is 0.416 e. The lowest BCUT2D eigenvalue weighted by molar-refractivity contribution is -0.137. The molecule has 0 bridgehead atoms. The first-order valence-electron chi connectivity index (χ1n) is 7.87. The first-order valence-corrected chi connectivity index (χ1v) is 8.63. The lowest BCUT2D eigenvalue weighted by atomic mass is 10.2. The lowest BCUT2D eigenvalue weighted by Crippen LogP contribution is -2.13. The third-order valence-electron chi connectivity index (χ3n) is 3.62. The molecule has 1 aromatic heterocycles. The van der Waals surface area contributed by atoms with Gasteiger partial charge in [-0.3, -0.25) is 4.79 Å². The Morgan fingerprint density at radius 3 is 2.43 bits per heavy atom. The molecule has 0 aliphatic carbocycles. The van der Waals surface area contributed by atoms with Crippen LogP contribution in [0.15, 0.2) is 59.0 Å². The van der Waals surface area contributed by atoms with E-state index in [1.807, 2.05) is 0 Å². The Hall–Kier alpha value is -2.64. The number of halogens is 5. The number of amides is 1. The van der Waals surface area contributed by atoms with Crippen molar-refractivity contribution in [1.29, 1.82) is 0 Å². The summed E-state index contributed by atoms with van der Waals surface area (Å²) in [5, 5.41) is 2.85. The summed E-state index contributed by atoms with van der Waals surface area (Å²) < 4.78 is 49.3. The highest BCUT2D eigenvalue weighted by atomic mass is 35.5. The van der Waals surface area contributed by atoms with Crippen LogP contribution in [-0.2, 0) is 12.8 Å². The van der Waals surface area contributed by atoms with E-state index in [0.29, 0.717) is 16.5 Å². The molecule has 0 saturated carbocycles. The number of carbonyl (C=O) groups is 1. The summed E-state index contributed by atoms with van der Waals surface area (Å²) in [4.78, 5) is 12.3. The highest BCUT2D eigenvalue weighted by Gasteiger charge is 2.31. The van der Waals surface area contributed by atoms with Crippen molar-refractivity contribution in [3.63, 3.8) is 0 Å². The molecule has 9 heteroatoms. The van der Waals surface area contributed by atoms with Gasteiger partial charge in [0.25, 0.3) is 5.91 Å². The van der Waals surface area contributed by atoms with Gasteiger partial charge in [0.15, 0.2) is 5.76 Å². The van der Waals surface area contributed by atoms with Gasteiger partial charge in [-0.25, -0.2) is 0 Å². The highest BCUT2D eigenvalue weighted by molar-refractivity contribution is 6.34. The molecule has 0 radical (unpaired) electrons. The van der Waals surface area contributed by atoms with Crippen LogP contribution in [0.2, 0.25) is 10.0 Å². The molecule has 1 amide bonds. The Balaban J connectivity index is 1.66. The predicted molar refractivity (Wildman–Crippen MR) is 98.9 cm³/mol. The van der Waals surface area contributed by atoms with Gasteiger partial charge in [0.1, 0.15) is 18.1 Å². The maximum absolute atomic E-state index is 12.8. The number of furan rings is 1. The van der Waals surface area contributed by atoms with Gasteiger partial charge >= 0.3 is 6.18 Å². The molecule has 0 fully saturated rings. The molecule has 0 aliphatic heterocycles. The first kappa shape index (κ1) is 20.1. The number of alkyl halides is 3. The predicted octanol–water partition coefficient (Wildman–Crippen LogP) is 6.44. The minimum absolute atomic E-state index is 0.0285. The van der Waals surface area contributed by atoms with Crippen LogP contribution in [0.1, 0.15) is 21.9 Å². The number of anilines is 1. The van der Waals surface area contributed by atoms with Gasteiger partial charge in [-0.2, -0.15) is 13.2 Å². The van der Waals surface area contributed by atoms with E-state index in [2.05, 4.69) is 5.32 Å². The highest BCUT2D eigenvalue weighted by Crippen LogP contribution is 2.34. The number of carbonyl (C=O) groups excluding carboxylic acids is 1. The zero-order chi connectivity index (χ0) is 20.3. The fourth-order valence-electron chi connectivity index (χ4n) is 2.24. The monoisotopic (exact) mass is 429 g/mol. The molecule has 0 atom stereocenters. The molecule has 3 aromatic rings. The lowest BCUT2D eigenvalue weighted by Gasteiger charge is -2.11. The van der Waals surface area contributed by atoms with Crippen LogP contribution in [0.3, 0.4) is 0 Å². The van der Waals surface area contributed by atoms with E-state index in [1.165, 1.54) is 12.1 Å². The van der Waals surface area contributed by atoms with E-state index in [0.717, 1.165) is 18.2 Å². The summed E-state index contributed by atoms with van der Waals surface area (Å²) in [5.41, 5.74) is -1.10. The average Bonchev–Trinajstić information content (AvgIpc) is 3.11. The number of nitrogens with one attached hydrogen (secondary N) is 1. The summed E-state index contributed by atoms with van der Waals surface area (Å²) in [5.74, 6) is 0.0833. The maximum atomic E-state index is 12.8. The van der Waals surface area contributed by atoms with Crippen molar-refractivity contribution in [2.75, 3.05) is 5.32 Å². The van der Waals surface area contributed by atoms with Crippen molar-refractivity contribution < 1.29 is 27.1 Å². The van der Waals surface area contributed by atoms with E-state index in [9.17, 15) is 18.0 Å². The minimum atomic E-state index is -4.55. The molecule has 146 valence electrons. The Morgan fingerprint density at radius 2 is 1.75 bits per heavy atom. The van der Waals surface area contributed by atoms with Gasteiger partial charge in [-0.1, -0.05) is 23.2 Å². The quantitative estimate of drug-likeness (QED) is 0.507. The van der Waals surface area contributed by atoms with Crippen LogP contribution >= 0.6 is 23.2 Å². The Labute approximate surface area is 167 Å². The third-order valence-corrected chi connectivity index (χ3v) is 4.20. The van der Waals surface area contributed by atoms with Crippen molar-refractivity contribution >= 4 is 34.8 Å². The van der Waals surface area contributed by atoms with Crippen LogP contribution in [0.5, 0.6) is 5.75 Å². The van der Waals surface area contributed by atoms with Crippen LogP contribution in [0.4, 0.5) is 18.9 Å². The minimum Gasteiger partial charge on any atom is -0.486 e. The van der Waals surface area contributed by atoms with Gasteiger partial charge in [0, 0.05) is 5.02 Å². The summed E-state index contributed by atoms with van der Waals surface area (Å²) in [6.45, 7) is 0.0548. The van der Waals surface area contributed by atoms with E-state index < -0.39 is 17.6 Å². The van der Waals surface area contributed by atoms with Gasteiger partial charge in [0.05, 0.1) is 16.3 Å². The number of hydrogen-bond acceptors (Lipinski definition) is 3. The normalized spacial score (nSPS) is 11.3. The molecule has 0 unspecified atom stereocenters. The van der Waals surface area contributed by atoms with Gasteiger partial charge in [-0.15, -0.1) is 0 Å². The molecule has 3 rings (SSSR count). The zero-order valence-corrected chi connectivity index (χ0v) is 15.5. The Bertz CT molecular complexity index is 985. The number of benzene rings is 2. The van der Waals surface area contributed by atoms with E-state index in [1.54, 1.807) is 24.3 Å². The molecule has 0 saturated heterocycles. The molecule has 1 N–H and O–H groups in total. The van der Waals surface area contributed by atoms with Crippen molar-refractivity contribution in [3.8, 4) is 5.75 Å². The van der Waals surface area contributed by atoms with Crippen LogP contribution in [0.25, 0.3) is 0 Å². The summed E-state index contributed by atoms with van der Waals surface area (Å²) in [6, 6.07) is 12.2. The summed E-state index contributed by atoms with van der Waals surface area (Å²) in [6.07, 6.45) is -4.55. The van der Waals surface area contributed by atoms with Gasteiger partial charge < -0.3 is 14.5 Å². The molecular weight excluding hydrogens is 418 g/mol. The van der Waals surface area contributed by atoms with E-state index in [4.69, 9.17) is 32.4 Å². The molecule has 4 nitrogen and oxygen atoms in total. The molecule has 28 heavy (non-hydrogen) atoms. The molecule has 0 spiro atoms. The van der Waals surface area contributed by atoms with Gasteiger partial charge in [-0.05, 0) is 54.6 Å². The summed E-state index contributed by atoms with van der Waals surface area (Å²) in [7, 11) is 0. The second-order valence-corrected chi connectivity index (χ2v) is 6.50. The largest absolute Gasteiger partial charge is 0.486 e. The van der Waals surface area contributed by atoms with Crippen molar-refractivity contribution in [1.82, 2.24) is 0 Å². The molecular formula is C19H12Cl2F3NO3. The number of ether oxygens (including phenoxy) is 1. The van der Waals surface area contributed by atoms with E-state index in [-0.39, 0.29) is 23.1 Å². The second-order valence-electron chi connectivity index (χ2n) is 5.66. The first-order chi connectivity index (χ1) is 13.2. The molecule has 2 aromatic carbocycles. The SMILES string of the molecule is O=C(Nc1cc(C(F)(F)F)ccc1Cl)c1ccc(COc2ccc(Cl)cc2)o1. The average molecular weight is 430 g/mol. The smallest absolute Gasteiger partial charge is 0.416 e. The standard InChI is InChI=1S/C19H12Cl2F3NO3/c20-12-2-4-13(5-3-12)27-10-14-6-8-17(28-14)18(26)25-16-9-11(19(22,23)24)1-7-15(16)21/h1-9H,10H2,(H,25,26). The molecule has 0 aliphatic rings. The Morgan fingerprint density at radius 1 is 1.04 bits per heavy atom. The Kier molecular flexibility index (Phi) is 5.86. The fourth-order valence-corrected chi connectivity index (χ4v) is 2.53. The third kappa shape index (κ3) is 4.99. The van der Waals surface area contributed by atoms with Crippen molar-refractivity contribution in [2.24, 2.45) is 0 Å². The van der Waals surface area contributed by atoms with E-state index >= 15 is 0 Å². The molecule has 1 heterocycles. The van der Waals surface area contributed by atoms with Crippen LogP contribution in [-0.4, -0.2) is 5.91 Å². The van der Waals surface area contributed by atoms with Crippen LogP contribution in [0, 0.1) is 0 Å². The van der Waals surface area contributed by atoms with Crippen molar-refractivity contribution in [3.05, 3.63) is 81.7 Å². The second kappa shape index (κ2) is 8.16.